The van der Waals surface area contributed by atoms with Gasteiger partial charge < -0.3 is 25.6 Å². The summed E-state index contributed by atoms with van der Waals surface area (Å²) in [5, 5.41) is 17.7. The Kier molecular flexibility index (Phi) is 11.3. The van der Waals surface area contributed by atoms with Crippen LogP contribution in [0.3, 0.4) is 0 Å². The third kappa shape index (κ3) is 7.86. The number of carbonyl (C=O) groups excluding carboxylic acids is 3. The Morgan fingerprint density at radius 1 is 0.936 bits per heavy atom. The van der Waals surface area contributed by atoms with Crippen molar-refractivity contribution in [1.82, 2.24) is 30.9 Å². The van der Waals surface area contributed by atoms with Gasteiger partial charge in [0, 0.05) is 31.1 Å². The van der Waals surface area contributed by atoms with Crippen molar-refractivity contribution in [2.75, 3.05) is 25.5 Å². The lowest BCUT2D eigenvalue weighted by molar-refractivity contribution is -0.122. The summed E-state index contributed by atoms with van der Waals surface area (Å²) < 4.78 is 7.31. The molecule has 0 unspecified atom stereocenters. The maximum atomic E-state index is 13.6. The van der Waals surface area contributed by atoms with E-state index in [2.05, 4.69) is 33.2 Å². The number of aromatic nitrogens is 3. The summed E-state index contributed by atoms with van der Waals surface area (Å²) in [6, 6.07) is 23.3. The molecule has 0 aliphatic carbocycles. The molecule has 0 spiro atoms. The molecule has 5 rings (SSSR count). The lowest BCUT2D eigenvalue weighted by Gasteiger charge is -2.28. The number of fused-ring (bicyclic) bond motifs is 5. The average molecular weight is 638 g/mol. The van der Waals surface area contributed by atoms with Crippen molar-refractivity contribution in [1.29, 1.82) is 0 Å². The SMILES string of the molecule is CCCCC(=O)N1Cc2ccccc2-c2nnn(-c3cccc(COC(=O)NCCCC[C@H](NC)C(=O)NC)c3)c2-c2ccccc21. The summed E-state index contributed by atoms with van der Waals surface area (Å²) in [7, 11) is 3.38. The number of unbranched alkanes of at least 4 members (excludes halogenated alkanes) is 2. The van der Waals surface area contributed by atoms with Gasteiger partial charge in [-0.25, -0.2) is 9.48 Å². The van der Waals surface area contributed by atoms with Crippen molar-refractivity contribution in [3.8, 4) is 28.2 Å². The van der Waals surface area contributed by atoms with Gasteiger partial charge >= 0.3 is 6.09 Å². The molecule has 1 aromatic heterocycles. The first-order chi connectivity index (χ1) is 22.9. The van der Waals surface area contributed by atoms with Crippen molar-refractivity contribution in [2.45, 2.75) is 64.6 Å². The van der Waals surface area contributed by atoms with E-state index >= 15 is 0 Å². The summed E-state index contributed by atoms with van der Waals surface area (Å²) >= 11 is 0. The number of amides is 3. The fourth-order valence-electron chi connectivity index (χ4n) is 5.85. The highest BCUT2D eigenvalue weighted by atomic mass is 16.5. The number of para-hydroxylation sites is 1. The van der Waals surface area contributed by atoms with E-state index in [1.165, 1.54) is 0 Å². The van der Waals surface area contributed by atoms with Crippen LogP contribution in [-0.2, 0) is 27.5 Å². The molecule has 246 valence electrons. The predicted molar refractivity (Wildman–Crippen MR) is 182 cm³/mol. The fourth-order valence-corrected chi connectivity index (χ4v) is 5.85. The lowest BCUT2D eigenvalue weighted by atomic mass is 9.95. The first-order valence-electron chi connectivity index (χ1n) is 16.3. The van der Waals surface area contributed by atoms with E-state index in [4.69, 9.17) is 4.74 Å². The second-order valence-corrected chi connectivity index (χ2v) is 11.6. The molecule has 1 atom stereocenters. The molecule has 11 nitrogen and oxygen atoms in total. The van der Waals surface area contributed by atoms with Crippen LogP contribution in [0.5, 0.6) is 0 Å². The number of alkyl carbamates (subject to hydrolysis) is 1. The highest BCUT2D eigenvalue weighted by Crippen LogP contribution is 2.42. The molecule has 4 aromatic rings. The maximum Gasteiger partial charge on any atom is 0.407 e. The van der Waals surface area contributed by atoms with Crippen LogP contribution in [0.4, 0.5) is 10.5 Å². The van der Waals surface area contributed by atoms with Crippen LogP contribution in [0.15, 0.2) is 72.8 Å². The molecule has 3 aromatic carbocycles. The molecular weight excluding hydrogens is 594 g/mol. The number of hydrogen-bond donors (Lipinski definition) is 3. The van der Waals surface area contributed by atoms with Gasteiger partial charge in [-0.15, -0.1) is 5.10 Å². The van der Waals surface area contributed by atoms with Crippen molar-refractivity contribution < 1.29 is 19.1 Å². The van der Waals surface area contributed by atoms with Gasteiger partial charge in [-0.05, 0) is 62.1 Å². The molecule has 3 N–H and O–H groups in total. The fraction of sp³-hybridized carbons (Fsp3) is 0.361. The van der Waals surface area contributed by atoms with Gasteiger partial charge in [-0.2, -0.15) is 0 Å². The molecular formula is C36H43N7O4. The zero-order chi connectivity index (χ0) is 33.2. The number of anilines is 1. The van der Waals surface area contributed by atoms with Crippen molar-refractivity contribution in [3.05, 3.63) is 83.9 Å². The molecule has 0 saturated carbocycles. The molecule has 0 fully saturated rings. The van der Waals surface area contributed by atoms with Crippen LogP contribution >= 0.6 is 0 Å². The van der Waals surface area contributed by atoms with Gasteiger partial charge in [-0.3, -0.25) is 9.59 Å². The number of nitrogens with one attached hydrogen (secondary N) is 3. The highest BCUT2D eigenvalue weighted by Gasteiger charge is 2.29. The second kappa shape index (κ2) is 16.0. The predicted octanol–water partition coefficient (Wildman–Crippen LogP) is 5.37. The minimum Gasteiger partial charge on any atom is -0.445 e. The van der Waals surface area contributed by atoms with Gasteiger partial charge in [-0.1, -0.05) is 73.2 Å². The number of carbonyl (C=O) groups is 3. The summed E-state index contributed by atoms with van der Waals surface area (Å²) in [5.74, 6) is 0.0353. The number of hydrogen-bond acceptors (Lipinski definition) is 7. The molecule has 0 bridgehead atoms. The Hall–Kier alpha value is -5.03. The van der Waals surface area contributed by atoms with E-state index in [0.29, 0.717) is 25.9 Å². The van der Waals surface area contributed by atoms with Crippen LogP contribution in [0.2, 0.25) is 0 Å². The number of benzene rings is 3. The summed E-state index contributed by atoms with van der Waals surface area (Å²) in [6.45, 7) is 3.07. The first kappa shape index (κ1) is 33.3. The van der Waals surface area contributed by atoms with Gasteiger partial charge in [0.15, 0.2) is 0 Å². The monoisotopic (exact) mass is 637 g/mol. The lowest BCUT2D eigenvalue weighted by Crippen LogP contribution is -2.41. The van der Waals surface area contributed by atoms with Gasteiger partial charge in [0.1, 0.15) is 18.0 Å². The van der Waals surface area contributed by atoms with Crippen molar-refractivity contribution in [3.63, 3.8) is 0 Å². The Morgan fingerprint density at radius 2 is 1.72 bits per heavy atom. The van der Waals surface area contributed by atoms with E-state index in [-0.39, 0.29) is 24.5 Å². The van der Waals surface area contributed by atoms with Crippen LogP contribution in [0, 0.1) is 0 Å². The van der Waals surface area contributed by atoms with Crippen LogP contribution in [-0.4, -0.2) is 59.6 Å². The Labute approximate surface area is 275 Å². The number of nitrogens with zero attached hydrogens (tertiary/aromatic N) is 4. The summed E-state index contributed by atoms with van der Waals surface area (Å²) in [4.78, 5) is 39.7. The molecule has 0 saturated heterocycles. The average Bonchev–Trinajstić information content (AvgIpc) is 3.54. The minimum absolute atomic E-state index is 0.0481. The Morgan fingerprint density at radius 3 is 2.51 bits per heavy atom. The van der Waals surface area contributed by atoms with E-state index in [9.17, 15) is 14.4 Å². The topological polar surface area (TPSA) is 130 Å². The van der Waals surface area contributed by atoms with Crippen LogP contribution < -0.4 is 20.9 Å². The maximum absolute atomic E-state index is 13.6. The van der Waals surface area contributed by atoms with Crippen LogP contribution in [0.25, 0.3) is 28.2 Å². The minimum atomic E-state index is -0.504. The third-order valence-electron chi connectivity index (χ3n) is 8.39. The Bertz CT molecular complexity index is 1700. The molecule has 2 heterocycles. The van der Waals surface area contributed by atoms with Gasteiger partial charge in [0.05, 0.1) is 24.0 Å². The third-order valence-corrected chi connectivity index (χ3v) is 8.39. The van der Waals surface area contributed by atoms with Gasteiger partial charge in [0.25, 0.3) is 0 Å². The molecule has 0 radical (unpaired) electrons. The van der Waals surface area contributed by atoms with Crippen molar-refractivity contribution >= 4 is 23.6 Å². The molecule has 1 aliphatic rings. The second-order valence-electron chi connectivity index (χ2n) is 11.6. The first-order valence-corrected chi connectivity index (χ1v) is 16.3. The van der Waals surface area contributed by atoms with E-state index in [1.807, 2.05) is 77.7 Å². The number of likely N-dealkylation sites (N-methyl/N-ethyl adjacent to an activating group) is 2. The zero-order valence-electron chi connectivity index (χ0n) is 27.3. The van der Waals surface area contributed by atoms with E-state index < -0.39 is 6.09 Å². The molecule has 3 amide bonds. The zero-order valence-corrected chi connectivity index (χ0v) is 27.3. The quantitative estimate of drug-likeness (QED) is 0.168. The van der Waals surface area contributed by atoms with Gasteiger partial charge in [0.2, 0.25) is 11.8 Å². The molecule has 1 aliphatic heterocycles. The molecule has 47 heavy (non-hydrogen) atoms. The largest absolute Gasteiger partial charge is 0.445 e. The smallest absolute Gasteiger partial charge is 0.407 e. The van der Waals surface area contributed by atoms with Crippen molar-refractivity contribution in [2.24, 2.45) is 0 Å². The number of ether oxygens (including phenoxy) is 1. The molecule has 11 heteroatoms. The van der Waals surface area contributed by atoms with E-state index in [1.54, 1.807) is 18.8 Å². The number of rotatable bonds is 13. The Balaban J connectivity index is 1.34. The summed E-state index contributed by atoms with van der Waals surface area (Å²) in [6.07, 6.45) is 3.92. The van der Waals surface area contributed by atoms with E-state index in [0.717, 1.165) is 70.7 Å². The normalized spacial score (nSPS) is 12.5. The summed E-state index contributed by atoms with van der Waals surface area (Å²) in [5.41, 5.74) is 6.69. The van der Waals surface area contributed by atoms with Crippen LogP contribution in [0.1, 0.15) is 56.6 Å². The highest BCUT2D eigenvalue weighted by molar-refractivity contribution is 6.00. The standard InChI is InChI=1S/C36H43N7O4/c1-4-5-20-32(44)42-23-26-14-6-7-16-28(26)33-34(29-17-8-9-19-31(29)42)43(41-40-33)27-15-12-13-25(22-27)24-47-36(46)39-21-11-10-18-30(37-2)35(45)38-3/h6-9,12-17,19,22,30,37H,4-5,10-11,18,20-21,23-24H2,1-3H3,(H,38,45)(H,39,46)/t30-/m0/s1.